The van der Waals surface area contributed by atoms with Crippen molar-refractivity contribution in [2.24, 2.45) is 0 Å². The molecule has 1 amide bonds. The molecule has 0 spiro atoms. The molecule has 1 aliphatic rings. The number of carbonyl (C=O) groups excluding carboxylic acids is 1. The summed E-state index contributed by atoms with van der Waals surface area (Å²) in [7, 11) is 1.67. The van der Waals surface area contributed by atoms with Gasteiger partial charge < -0.3 is 13.8 Å². The molecule has 2 rings (SSSR count). The summed E-state index contributed by atoms with van der Waals surface area (Å²) in [5.41, 5.74) is -0.426. The second-order valence-corrected chi connectivity index (χ2v) is 8.85. The lowest BCUT2D eigenvalue weighted by Crippen LogP contribution is -2.42. The average Bonchev–Trinajstić information content (AvgIpc) is 2.48. The zero-order chi connectivity index (χ0) is 16.9. The Hall–Kier alpha value is -0.850. The highest BCUT2D eigenvalue weighted by Gasteiger charge is 2.27. The number of nitrogens with zero attached hydrogens (tertiary/aromatic N) is 1. The lowest BCUT2D eigenvalue weighted by Gasteiger charge is -2.33. The van der Waals surface area contributed by atoms with E-state index in [1.165, 1.54) is 16.9 Å². The van der Waals surface area contributed by atoms with Crippen molar-refractivity contribution in [1.29, 1.82) is 0 Å². The standard InChI is InChI=1S/C17H25NO3S2/c1-17(2,3)21-16(19)18-11-9-14(10-12-18)22-13-5-7-15(8-6-13)23-20-4/h5-8,14H,9-12H2,1-4H3. The quantitative estimate of drug-likeness (QED) is 0.723. The zero-order valence-corrected chi connectivity index (χ0v) is 15.8. The fraction of sp³-hybridized carbons (Fsp3) is 0.588. The van der Waals surface area contributed by atoms with Gasteiger partial charge in [0.25, 0.3) is 0 Å². The van der Waals surface area contributed by atoms with Crippen molar-refractivity contribution in [2.75, 3.05) is 20.2 Å². The Kier molecular flexibility index (Phi) is 6.68. The van der Waals surface area contributed by atoms with Gasteiger partial charge in [-0.3, -0.25) is 0 Å². The summed E-state index contributed by atoms with van der Waals surface area (Å²) in [5.74, 6) is 0. The molecule has 23 heavy (non-hydrogen) atoms. The van der Waals surface area contributed by atoms with E-state index in [2.05, 4.69) is 24.3 Å². The number of hydrogen-bond donors (Lipinski definition) is 0. The van der Waals surface area contributed by atoms with Crippen molar-refractivity contribution in [3.8, 4) is 0 Å². The smallest absolute Gasteiger partial charge is 0.410 e. The molecule has 128 valence electrons. The fourth-order valence-corrected chi connectivity index (χ4v) is 3.91. The average molecular weight is 356 g/mol. The molecule has 1 aromatic carbocycles. The van der Waals surface area contributed by atoms with Crippen molar-refractivity contribution in [3.63, 3.8) is 0 Å². The first-order chi connectivity index (χ1) is 10.9. The van der Waals surface area contributed by atoms with E-state index >= 15 is 0 Å². The molecule has 6 heteroatoms. The number of amides is 1. The van der Waals surface area contributed by atoms with Crippen molar-refractivity contribution >= 4 is 29.9 Å². The summed E-state index contributed by atoms with van der Waals surface area (Å²) < 4.78 is 10.5. The Morgan fingerprint density at radius 2 is 1.70 bits per heavy atom. The summed E-state index contributed by atoms with van der Waals surface area (Å²) in [6.07, 6.45) is 1.80. The number of thioether (sulfide) groups is 1. The predicted octanol–water partition coefficient (Wildman–Crippen LogP) is 4.83. The van der Waals surface area contributed by atoms with Crippen LogP contribution in [-0.4, -0.2) is 42.0 Å². The molecule has 0 unspecified atom stereocenters. The number of carbonyl (C=O) groups is 1. The molecule has 0 saturated carbocycles. The second kappa shape index (κ2) is 8.31. The number of likely N-dealkylation sites (tertiary alicyclic amines) is 1. The molecule has 1 heterocycles. The third-order valence-corrected chi connectivity index (χ3v) is 5.38. The molecule has 1 fully saturated rings. The third-order valence-electron chi connectivity index (χ3n) is 3.40. The molecule has 1 aliphatic heterocycles. The monoisotopic (exact) mass is 355 g/mol. The lowest BCUT2D eigenvalue weighted by molar-refractivity contribution is 0.0219. The minimum absolute atomic E-state index is 0.193. The Morgan fingerprint density at radius 1 is 1.13 bits per heavy atom. The van der Waals surface area contributed by atoms with E-state index in [0.717, 1.165) is 30.8 Å². The highest BCUT2D eigenvalue weighted by molar-refractivity contribution is 8.00. The zero-order valence-electron chi connectivity index (χ0n) is 14.2. The molecule has 0 aliphatic carbocycles. The van der Waals surface area contributed by atoms with Crippen molar-refractivity contribution < 1.29 is 13.7 Å². The van der Waals surface area contributed by atoms with Crippen LogP contribution in [-0.2, 0) is 8.92 Å². The number of piperidine rings is 1. The van der Waals surface area contributed by atoms with E-state index in [1.807, 2.05) is 37.4 Å². The first-order valence-corrected chi connectivity index (χ1v) is 9.45. The summed E-state index contributed by atoms with van der Waals surface area (Å²) >= 11 is 3.26. The van der Waals surface area contributed by atoms with Crippen LogP contribution in [0.2, 0.25) is 0 Å². The van der Waals surface area contributed by atoms with Crippen LogP contribution in [0.15, 0.2) is 34.1 Å². The summed E-state index contributed by atoms with van der Waals surface area (Å²) in [6, 6.07) is 8.41. The van der Waals surface area contributed by atoms with E-state index in [9.17, 15) is 4.79 Å². The molecular formula is C17H25NO3S2. The highest BCUT2D eigenvalue weighted by Crippen LogP contribution is 2.32. The molecule has 0 N–H and O–H groups in total. The number of rotatable bonds is 4. The van der Waals surface area contributed by atoms with Gasteiger partial charge in [-0.25, -0.2) is 4.79 Å². The molecule has 0 aromatic heterocycles. The van der Waals surface area contributed by atoms with E-state index in [-0.39, 0.29) is 6.09 Å². The number of ether oxygens (including phenoxy) is 1. The Balaban J connectivity index is 1.79. The van der Waals surface area contributed by atoms with Gasteiger partial charge in [0.15, 0.2) is 0 Å². The van der Waals surface area contributed by atoms with Gasteiger partial charge in [0, 0.05) is 40.2 Å². The van der Waals surface area contributed by atoms with Crippen molar-refractivity contribution in [2.45, 2.75) is 54.3 Å². The van der Waals surface area contributed by atoms with Gasteiger partial charge >= 0.3 is 6.09 Å². The molecule has 0 atom stereocenters. The van der Waals surface area contributed by atoms with Gasteiger partial charge in [0.2, 0.25) is 0 Å². The van der Waals surface area contributed by atoms with Crippen LogP contribution in [0.3, 0.4) is 0 Å². The molecule has 4 nitrogen and oxygen atoms in total. The van der Waals surface area contributed by atoms with Crippen LogP contribution in [0.1, 0.15) is 33.6 Å². The highest BCUT2D eigenvalue weighted by atomic mass is 32.2. The number of benzene rings is 1. The first-order valence-electron chi connectivity index (χ1n) is 7.83. The number of hydrogen-bond acceptors (Lipinski definition) is 5. The second-order valence-electron chi connectivity index (χ2n) is 6.51. The van der Waals surface area contributed by atoms with Crippen LogP contribution in [0.5, 0.6) is 0 Å². The maximum absolute atomic E-state index is 12.1. The predicted molar refractivity (Wildman–Crippen MR) is 96.0 cm³/mol. The topological polar surface area (TPSA) is 38.8 Å². The molecule has 0 bridgehead atoms. The summed E-state index contributed by atoms with van der Waals surface area (Å²) in [5, 5.41) is 0.551. The van der Waals surface area contributed by atoms with Crippen LogP contribution < -0.4 is 0 Å². The Morgan fingerprint density at radius 3 is 2.22 bits per heavy atom. The maximum Gasteiger partial charge on any atom is 0.410 e. The first kappa shape index (κ1) is 18.5. The Labute approximate surface area is 147 Å². The minimum Gasteiger partial charge on any atom is -0.444 e. The fourth-order valence-electron chi connectivity index (χ4n) is 2.35. The normalized spacial score (nSPS) is 16.4. The van der Waals surface area contributed by atoms with Gasteiger partial charge in [0.05, 0.1) is 7.11 Å². The molecule has 1 aromatic rings. The Bertz CT molecular complexity index is 506. The van der Waals surface area contributed by atoms with E-state index < -0.39 is 5.60 Å². The van der Waals surface area contributed by atoms with Gasteiger partial charge in [-0.15, -0.1) is 11.8 Å². The van der Waals surface area contributed by atoms with E-state index in [1.54, 1.807) is 7.11 Å². The largest absolute Gasteiger partial charge is 0.444 e. The SMILES string of the molecule is COSc1ccc(SC2CCN(C(=O)OC(C)(C)C)CC2)cc1. The summed E-state index contributed by atoms with van der Waals surface area (Å²) in [4.78, 5) is 16.3. The van der Waals surface area contributed by atoms with Crippen molar-refractivity contribution in [3.05, 3.63) is 24.3 Å². The summed E-state index contributed by atoms with van der Waals surface area (Å²) in [6.45, 7) is 7.24. The minimum atomic E-state index is -0.426. The van der Waals surface area contributed by atoms with Crippen LogP contribution in [0.4, 0.5) is 4.79 Å². The lowest BCUT2D eigenvalue weighted by atomic mass is 10.1. The van der Waals surface area contributed by atoms with Crippen molar-refractivity contribution in [1.82, 2.24) is 4.90 Å². The van der Waals surface area contributed by atoms with Gasteiger partial charge in [-0.05, 0) is 57.9 Å². The molecule has 1 saturated heterocycles. The maximum atomic E-state index is 12.1. The van der Waals surface area contributed by atoms with E-state index in [0.29, 0.717) is 5.25 Å². The van der Waals surface area contributed by atoms with Gasteiger partial charge in [-0.2, -0.15) is 0 Å². The van der Waals surface area contributed by atoms with E-state index in [4.69, 9.17) is 8.92 Å². The molecule has 0 radical (unpaired) electrons. The van der Waals surface area contributed by atoms with Gasteiger partial charge in [-0.1, -0.05) is 0 Å². The van der Waals surface area contributed by atoms with Crippen LogP contribution in [0.25, 0.3) is 0 Å². The van der Waals surface area contributed by atoms with Crippen LogP contribution >= 0.6 is 23.8 Å². The van der Waals surface area contributed by atoms with Crippen LogP contribution in [0, 0.1) is 0 Å². The molecular weight excluding hydrogens is 330 g/mol. The van der Waals surface area contributed by atoms with Gasteiger partial charge in [0.1, 0.15) is 5.60 Å². The third kappa shape index (κ3) is 6.28.